The lowest BCUT2D eigenvalue weighted by Gasteiger charge is -2.19. The van der Waals surface area contributed by atoms with Crippen molar-refractivity contribution >= 4 is 17.7 Å². The van der Waals surface area contributed by atoms with E-state index in [0.29, 0.717) is 17.2 Å². The van der Waals surface area contributed by atoms with Crippen LogP contribution in [-0.2, 0) is 9.53 Å². The van der Waals surface area contributed by atoms with Crippen LogP contribution < -0.4 is 20.1 Å². The molecule has 1 aromatic rings. The zero-order valence-electron chi connectivity index (χ0n) is 14.2. The van der Waals surface area contributed by atoms with Crippen LogP contribution in [0, 0.1) is 11.8 Å². The number of carbonyl (C=O) groups excluding carboxylic acids is 2. The van der Waals surface area contributed by atoms with E-state index in [1.807, 2.05) is 0 Å². The first-order chi connectivity index (χ1) is 11.7. The zero-order chi connectivity index (χ0) is 18.6. The second-order valence-electron chi connectivity index (χ2n) is 5.91. The summed E-state index contributed by atoms with van der Waals surface area (Å²) in [5.74, 6) is 5.80. The Labute approximate surface area is 145 Å². The molecular formula is C17H20N2O6. The number of primary amides is 1. The highest BCUT2D eigenvalue weighted by Gasteiger charge is 2.32. The number of hydrogen-bond donors (Lipinski definition) is 2. The molecule has 8 heteroatoms. The van der Waals surface area contributed by atoms with Gasteiger partial charge in [0, 0.05) is 13.1 Å². The predicted molar refractivity (Wildman–Crippen MR) is 89.4 cm³/mol. The van der Waals surface area contributed by atoms with Crippen molar-refractivity contribution in [3.63, 3.8) is 0 Å². The van der Waals surface area contributed by atoms with Crippen LogP contribution >= 0.6 is 0 Å². The highest BCUT2D eigenvalue weighted by molar-refractivity contribution is 5.99. The first kappa shape index (κ1) is 18.4. The van der Waals surface area contributed by atoms with E-state index in [2.05, 4.69) is 11.8 Å². The highest BCUT2D eigenvalue weighted by Crippen LogP contribution is 2.34. The fraction of sp³-hybridized carbons (Fsp3) is 0.412. The summed E-state index contributed by atoms with van der Waals surface area (Å²) in [4.78, 5) is 24.6. The molecule has 2 amide bonds. The van der Waals surface area contributed by atoms with E-state index in [0.717, 1.165) is 0 Å². The van der Waals surface area contributed by atoms with Crippen molar-refractivity contribution in [2.75, 3.05) is 25.2 Å². The molecule has 0 bridgehead atoms. The summed E-state index contributed by atoms with van der Waals surface area (Å²) >= 11 is 0. The lowest BCUT2D eigenvalue weighted by Crippen LogP contribution is -2.41. The second-order valence-corrected chi connectivity index (χ2v) is 5.91. The van der Waals surface area contributed by atoms with E-state index in [1.54, 1.807) is 32.0 Å². The number of rotatable bonds is 3. The van der Waals surface area contributed by atoms with Crippen LogP contribution in [0.2, 0.25) is 0 Å². The Morgan fingerprint density at radius 2 is 2.24 bits per heavy atom. The quantitative estimate of drug-likeness (QED) is 0.776. The van der Waals surface area contributed by atoms with Crippen LogP contribution in [0.3, 0.4) is 0 Å². The van der Waals surface area contributed by atoms with Crippen molar-refractivity contribution in [3.05, 3.63) is 18.2 Å². The van der Waals surface area contributed by atoms with Crippen LogP contribution in [0.15, 0.2) is 18.2 Å². The fourth-order valence-electron chi connectivity index (χ4n) is 2.14. The van der Waals surface area contributed by atoms with Gasteiger partial charge in [0.15, 0.2) is 0 Å². The minimum Gasteiger partial charge on any atom is -0.487 e. The van der Waals surface area contributed by atoms with E-state index in [-0.39, 0.29) is 13.2 Å². The number of hydrogen-bond acceptors (Lipinski definition) is 6. The molecule has 0 unspecified atom stereocenters. The Bertz CT molecular complexity index is 729. The van der Waals surface area contributed by atoms with Gasteiger partial charge in [0.25, 0.3) is 5.91 Å². The maximum absolute atomic E-state index is 12.3. The number of fused-ring (bicyclic) bond motifs is 1. The number of amides is 2. The third-order valence-corrected chi connectivity index (χ3v) is 3.25. The van der Waals surface area contributed by atoms with Crippen molar-refractivity contribution in [1.82, 2.24) is 0 Å². The number of nitrogens with zero attached hydrogens (tertiary/aromatic N) is 1. The van der Waals surface area contributed by atoms with E-state index in [4.69, 9.17) is 19.9 Å². The predicted octanol–water partition coefficient (Wildman–Crippen LogP) is 0.659. The Hall–Kier alpha value is -2.92. The van der Waals surface area contributed by atoms with Gasteiger partial charge >= 0.3 is 6.09 Å². The van der Waals surface area contributed by atoms with Crippen molar-refractivity contribution in [2.24, 2.45) is 5.73 Å². The zero-order valence-corrected chi connectivity index (χ0v) is 14.2. The molecule has 1 aliphatic heterocycles. The number of benzene rings is 1. The highest BCUT2D eigenvalue weighted by atomic mass is 16.6. The van der Waals surface area contributed by atoms with Crippen LogP contribution in [0.1, 0.15) is 13.8 Å². The van der Waals surface area contributed by atoms with Gasteiger partial charge in [-0.05, 0) is 26.0 Å². The van der Waals surface area contributed by atoms with E-state index < -0.39 is 23.7 Å². The first-order valence-corrected chi connectivity index (χ1v) is 7.53. The molecule has 0 fully saturated rings. The molecule has 2 rings (SSSR count). The smallest absolute Gasteiger partial charge is 0.405 e. The summed E-state index contributed by atoms with van der Waals surface area (Å²) in [6, 6.07) is 4.92. The normalized spacial score (nSPS) is 16.7. The van der Waals surface area contributed by atoms with Crippen molar-refractivity contribution in [3.8, 4) is 23.3 Å². The van der Waals surface area contributed by atoms with E-state index in [9.17, 15) is 14.7 Å². The number of likely N-dealkylation sites (N-methyl/N-ethyl adjacent to an activating group) is 1. The minimum atomic E-state index is -1.11. The fourth-order valence-corrected chi connectivity index (χ4v) is 2.14. The summed E-state index contributed by atoms with van der Waals surface area (Å²) in [6.45, 7) is 3.10. The molecule has 1 atom stereocenters. The molecule has 0 radical (unpaired) electrons. The van der Waals surface area contributed by atoms with Crippen molar-refractivity contribution in [2.45, 2.75) is 25.6 Å². The summed E-state index contributed by atoms with van der Waals surface area (Å²) in [5.41, 5.74) is 4.35. The standard InChI is InChI=1S/C17H20N2O6/c1-17(2,22)7-4-8-23-11-5-6-13-12(9-11)19(3)15(20)14(10-24-13)25-16(18)21/h5-6,9,14,22H,8,10H2,1-3H3,(H2,18,21)/t14-/m0/s1. The summed E-state index contributed by atoms with van der Waals surface area (Å²) in [5, 5.41) is 9.52. The van der Waals surface area contributed by atoms with E-state index in [1.165, 1.54) is 11.9 Å². The molecule has 25 heavy (non-hydrogen) atoms. The topological polar surface area (TPSA) is 111 Å². The maximum atomic E-state index is 12.3. The van der Waals surface area contributed by atoms with Gasteiger partial charge in [0.2, 0.25) is 6.10 Å². The van der Waals surface area contributed by atoms with Gasteiger partial charge < -0.3 is 30.0 Å². The molecule has 0 spiro atoms. The SMILES string of the molecule is CN1C(=O)[C@@H](OC(N)=O)COc2ccc(OCC#CC(C)(C)O)cc21. The Kier molecular flexibility index (Phi) is 5.39. The average molecular weight is 348 g/mol. The molecule has 3 N–H and O–H groups in total. The molecule has 0 saturated carbocycles. The lowest BCUT2D eigenvalue weighted by molar-refractivity contribution is -0.127. The van der Waals surface area contributed by atoms with Crippen molar-refractivity contribution in [1.29, 1.82) is 0 Å². The molecular weight excluding hydrogens is 328 g/mol. The van der Waals surface area contributed by atoms with Gasteiger partial charge in [-0.3, -0.25) is 4.79 Å². The molecule has 1 aromatic carbocycles. The lowest BCUT2D eigenvalue weighted by atomic mass is 10.1. The molecule has 0 saturated heterocycles. The number of aliphatic hydroxyl groups is 1. The molecule has 1 aliphatic rings. The maximum Gasteiger partial charge on any atom is 0.405 e. The van der Waals surface area contributed by atoms with Crippen LogP contribution in [0.5, 0.6) is 11.5 Å². The molecule has 1 heterocycles. The van der Waals surface area contributed by atoms with Gasteiger partial charge in [0.05, 0.1) is 5.69 Å². The third-order valence-electron chi connectivity index (χ3n) is 3.25. The molecule has 0 aliphatic carbocycles. The van der Waals surface area contributed by atoms with Gasteiger partial charge in [0.1, 0.15) is 30.3 Å². The minimum absolute atomic E-state index is 0.0781. The number of carbonyl (C=O) groups is 2. The first-order valence-electron chi connectivity index (χ1n) is 7.53. The van der Waals surface area contributed by atoms with Crippen LogP contribution in [0.25, 0.3) is 0 Å². The second kappa shape index (κ2) is 7.32. The Morgan fingerprint density at radius 1 is 1.52 bits per heavy atom. The van der Waals surface area contributed by atoms with Gasteiger partial charge in [-0.2, -0.15) is 0 Å². The molecule has 0 aromatic heterocycles. The van der Waals surface area contributed by atoms with Gasteiger partial charge in [-0.1, -0.05) is 11.8 Å². The largest absolute Gasteiger partial charge is 0.487 e. The summed E-state index contributed by atoms with van der Waals surface area (Å²) < 4.78 is 15.8. The molecule has 134 valence electrons. The van der Waals surface area contributed by atoms with Crippen molar-refractivity contribution < 1.29 is 28.9 Å². The number of ether oxygens (including phenoxy) is 3. The van der Waals surface area contributed by atoms with Gasteiger partial charge in [-0.15, -0.1) is 0 Å². The van der Waals surface area contributed by atoms with Crippen LogP contribution in [0.4, 0.5) is 10.5 Å². The Balaban J connectivity index is 2.14. The average Bonchev–Trinajstić information content (AvgIpc) is 2.63. The van der Waals surface area contributed by atoms with E-state index >= 15 is 0 Å². The number of anilines is 1. The van der Waals surface area contributed by atoms with Gasteiger partial charge in [-0.25, -0.2) is 4.79 Å². The number of nitrogens with two attached hydrogens (primary N) is 1. The van der Waals surface area contributed by atoms with Crippen LogP contribution in [-0.4, -0.2) is 49.1 Å². The summed E-state index contributed by atoms with van der Waals surface area (Å²) in [7, 11) is 1.53. The molecule has 8 nitrogen and oxygen atoms in total. The monoisotopic (exact) mass is 348 g/mol. The third kappa shape index (κ3) is 5.02. The summed E-state index contributed by atoms with van der Waals surface area (Å²) in [6.07, 6.45) is -2.16. The Morgan fingerprint density at radius 3 is 2.88 bits per heavy atom.